The number of alkyl halides is 3. The molecule has 2 aromatic carbocycles. The summed E-state index contributed by atoms with van der Waals surface area (Å²) in [5, 5.41) is 10.8. The summed E-state index contributed by atoms with van der Waals surface area (Å²) in [6.45, 7) is 4.12. The number of halogens is 3. The van der Waals surface area contributed by atoms with Crippen LogP contribution in [0.1, 0.15) is 25.8 Å². The van der Waals surface area contributed by atoms with E-state index in [4.69, 9.17) is 4.42 Å². The van der Waals surface area contributed by atoms with Crippen molar-refractivity contribution in [3.63, 3.8) is 0 Å². The van der Waals surface area contributed by atoms with Crippen molar-refractivity contribution in [1.29, 1.82) is 0 Å². The molecule has 0 aliphatic carbocycles. The number of aryl methyl sites for hydroxylation is 1. The normalized spacial score (nSPS) is 11.9. The average molecular weight is 392 g/mol. The van der Waals surface area contributed by atoms with E-state index in [2.05, 4.69) is 18.6 Å². The van der Waals surface area contributed by atoms with Crippen LogP contribution in [0.4, 0.5) is 13.2 Å². The Bertz CT molecular complexity index is 1030. The topological polar surface area (TPSA) is 59.7 Å². The number of phenolic OH excluding ortho intramolecular Hbond substituents is 1. The van der Waals surface area contributed by atoms with Crippen LogP contribution in [0, 0.1) is 5.92 Å². The van der Waals surface area contributed by atoms with Gasteiger partial charge >= 0.3 is 12.0 Å². The Kier molecular flexibility index (Phi) is 5.36. The smallest absolute Gasteiger partial charge is 0.508 e. The molecule has 0 spiro atoms. The molecule has 3 aromatic rings. The number of hydrogen-bond donors (Lipinski definition) is 1. The lowest BCUT2D eigenvalue weighted by Gasteiger charge is -2.11. The standard InChI is InChI=1S/C21H19F3O4/c1-12(2)3-9-16-18(25)10-6-14-11-17(20(26)27-19(14)16)13-4-7-15(8-5-13)28-21(22,23)24/h4-8,10-12,25H,3,9H2,1-2H3. The summed E-state index contributed by atoms with van der Waals surface area (Å²) in [5.74, 6) is 0.109. The highest BCUT2D eigenvalue weighted by molar-refractivity contribution is 5.85. The van der Waals surface area contributed by atoms with Crippen molar-refractivity contribution in [3.05, 3.63) is 58.4 Å². The van der Waals surface area contributed by atoms with Crippen LogP contribution in [0.25, 0.3) is 22.1 Å². The molecular formula is C21H19F3O4. The molecule has 0 unspecified atom stereocenters. The van der Waals surface area contributed by atoms with Crippen LogP contribution in [0.2, 0.25) is 0 Å². The first-order valence-corrected chi connectivity index (χ1v) is 8.79. The molecule has 28 heavy (non-hydrogen) atoms. The van der Waals surface area contributed by atoms with Gasteiger partial charge in [-0.1, -0.05) is 26.0 Å². The van der Waals surface area contributed by atoms with Gasteiger partial charge in [0, 0.05) is 10.9 Å². The zero-order valence-corrected chi connectivity index (χ0v) is 15.3. The van der Waals surface area contributed by atoms with E-state index in [9.17, 15) is 23.1 Å². The van der Waals surface area contributed by atoms with Gasteiger partial charge in [0.15, 0.2) is 0 Å². The van der Waals surface area contributed by atoms with Gasteiger partial charge in [0.2, 0.25) is 0 Å². The Hall–Kier alpha value is -2.96. The van der Waals surface area contributed by atoms with Gasteiger partial charge in [0.05, 0.1) is 5.56 Å². The number of hydrogen-bond acceptors (Lipinski definition) is 4. The Morgan fingerprint density at radius 3 is 2.39 bits per heavy atom. The van der Waals surface area contributed by atoms with E-state index in [0.29, 0.717) is 34.4 Å². The molecule has 0 bridgehead atoms. The lowest BCUT2D eigenvalue weighted by molar-refractivity contribution is -0.274. The Labute approximate surface area is 159 Å². The van der Waals surface area contributed by atoms with E-state index in [1.807, 2.05) is 0 Å². The van der Waals surface area contributed by atoms with Crippen molar-refractivity contribution in [2.24, 2.45) is 5.92 Å². The second-order valence-corrected chi connectivity index (χ2v) is 6.93. The Balaban J connectivity index is 2.00. The van der Waals surface area contributed by atoms with Crippen molar-refractivity contribution in [3.8, 4) is 22.6 Å². The molecule has 0 saturated heterocycles. The third-order valence-corrected chi connectivity index (χ3v) is 4.35. The van der Waals surface area contributed by atoms with E-state index < -0.39 is 12.0 Å². The zero-order valence-electron chi connectivity index (χ0n) is 15.3. The molecule has 0 radical (unpaired) electrons. The maximum Gasteiger partial charge on any atom is 0.573 e. The van der Waals surface area contributed by atoms with Crippen LogP contribution in [-0.2, 0) is 6.42 Å². The number of rotatable bonds is 5. The van der Waals surface area contributed by atoms with Crippen LogP contribution in [0.3, 0.4) is 0 Å². The van der Waals surface area contributed by atoms with Gasteiger partial charge < -0.3 is 14.3 Å². The number of ether oxygens (including phenoxy) is 1. The van der Waals surface area contributed by atoms with Gasteiger partial charge in [0.1, 0.15) is 17.1 Å². The summed E-state index contributed by atoms with van der Waals surface area (Å²) >= 11 is 0. The van der Waals surface area contributed by atoms with Crippen molar-refractivity contribution < 1.29 is 27.4 Å². The van der Waals surface area contributed by atoms with Gasteiger partial charge in [-0.2, -0.15) is 0 Å². The summed E-state index contributed by atoms with van der Waals surface area (Å²) in [7, 11) is 0. The van der Waals surface area contributed by atoms with Crippen molar-refractivity contribution in [2.45, 2.75) is 33.1 Å². The third kappa shape index (κ3) is 4.47. The summed E-state index contributed by atoms with van der Waals surface area (Å²) in [4.78, 5) is 12.5. The number of benzene rings is 2. The first kappa shape index (κ1) is 19.8. The molecule has 3 rings (SSSR count). The summed E-state index contributed by atoms with van der Waals surface area (Å²) < 4.78 is 46.2. The average Bonchev–Trinajstić information content (AvgIpc) is 2.60. The highest BCUT2D eigenvalue weighted by atomic mass is 19.4. The number of phenols is 1. The van der Waals surface area contributed by atoms with E-state index in [1.165, 1.54) is 12.1 Å². The largest absolute Gasteiger partial charge is 0.573 e. The van der Waals surface area contributed by atoms with E-state index in [1.54, 1.807) is 18.2 Å². The van der Waals surface area contributed by atoms with Crippen molar-refractivity contribution >= 4 is 11.0 Å². The summed E-state index contributed by atoms with van der Waals surface area (Å²) in [6, 6.07) is 9.78. The minimum absolute atomic E-state index is 0.0673. The highest BCUT2D eigenvalue weighted by Crippen LogP contribution is 2.31. The highest BCUT2D eigenvalue weighted by Gasteiger charge is 2.31. The van der Waals surface area contributed by atoms with Crippen LogP contribution in [0.5, 0.6) is 11.5 Å². The quantitative estimate of drug-likeness (QED) is 0.570. The molecule has 1 N–H and O–H groups in total. The molecule has 7 heteroatoms. The Morgan fingerprint density at radius 1 is 1.11 bits per heavy atom. The lowest BCUT2D eigenvalue weighted by atomic mass is 9.99. The fourth-order valence-electron chi connectivity index (χ4n) is 2.94. The molecule has 0 fully saturated rings. The molecule has 0 aliphatic rings. The summed E-state index contributed by atoms with van der Waals surface area (Å²) in [6.07, 6.45) is -3.40. The number of aromatic hydroxyl groups is 1. The van der Waals surface area contributed by atoms with Gasteiger partial charge in [-0.05, 0) is 54.7 Å². The van der Waals surface area contributed by atoms with E-state index in [0.717, 1.165) is 18.6 Å². The van der Waals surface area contributed by atoms with Crippen LogP contribution in [0.15, 0.2) is 51.7 Å². The molecule has 0 atom stereocenters. The van der Waals surface area contributed by atoms with Crippen LogP contribution < -0.4 is 10.4 Å². The molecule has 0 aliphatic heterocycles. The Morgan fingerprint density at radius 2 is 1.79 bits per heavy atom. The second kappa shape index (κ2) is 7.58. The van der Waals surface area contributed by atoms with Gasteiger partial charge in [-0.25, -0.2) is 4.79 Å². The molecule has 148 valence electrons. The first-order chi connectivity index (χ1) is 13.1. The van der Waals surface area contributed by atoms with Crippen LogP contribution in [-0.4, -0.2) is 11.5 Å². The predicted octanol–water partition coefficient (Wildman–Crippen LogP) is 5.65. The van der Waals surface area contributed by atoms with E-state index >= 15 is 0 Å². The molecule has 0 saturated carbocycles. The van der Waals surface area contributed by atoms with Crippen LogP contribution >= 0.6 is 0 Å². The molecule has 0 amide bonds. The lowest BCUT2D eigenvalue weighted by Crippen LogP contribution is -2.17. The maximum absolute atomic E-state index is 12.5. The monoisotopic (exact) mass is 392 g/mol. The maximum atomic E-state index is 12.5. The molecular weight excluding hydrogens is 373 g/mol. The van der Waals surface area contributed by atoms with Crippen molar-refractivity contribution in [2.75, 3.05) is 0 Å². The molecule has 1 heterocycles. The third-order valence-electron chi connectivity index (χ3n) is 4.35. The van der Waals surface area contributed by atoms with Gasteiger partial charge in [0.25, 0.3) is 0 Å². The SMILES string of the molecule is CC(C)CCc1c(O)ccc2cc(-c3ccc(OC(F)(F)F)cc3)c(=O)oc12. The van der Waals surface area contributed by atoms with Gasteiger partial charge in [-0.3, -0.25) is 0 Å². The fourth-order valence-corrected chi connectivity index (χ4v) is 2.94. The number of fused-ring (bicyclic) bond motifs is 1. The predicted molar refractivity (Wildman–Crippen MR) is 99.4 cm³/mol. The fraction of sp³-hybridized carbons (Fsp3) is 0.286. The minimum Gasteiger partial charge on any atom is -0.508 e. The zero-order chi connectivity index (χ0) is 20.5. The van der Waals surface area contributed by atoms with Gasteiger partial charge in [-0.15, -0.1) is 13.2 Å². The minimum atomic E-state index is -4.78. The molecule has 4 nitrogen and oxygen atoms in total. The van der Waals surface area contributed by atoms with E-state index in [-0.39, 0.29) is 17.1 Å². The van der Waals surface area contributed by atoms with Crippen molar-refractivity contribution in [1.82, 2.24) is 0 Å². The summed E-state index contributed by atoms with van der Waals surface area (Å²) in [5.41, 5.74) is 0.886. The second-order valence-electron chi connectivity index (χ2n) is 6.93. The first-order valence-electron chi connectivity index (χ1n) is 8.79. The molecule has 1 aromatic heterocycles.